The Morgan fingerprint density at radius 1 is 0.727 bits per heavy atom. The molecular weight excluding hydrogens is 328 g/mol. The summed E-state index contributed by atoms with van der Waals surface area (Å²) in [5.74, 6) is 10.1. The SMILES string of the molecule is NNS(=O)(=O)c1cccc(-c2ccccc2)c1S(=O)(=O)NN. The van der Waals surface area contributed by atoms with Crippen LogP contribution in [-0.4, -0.2) is 16.8 Å². The smallest absolute Gasteiger partial charge is 0.255 e. The van der Waals surface area contributed by atoms with E-state index in [2.05, 4.69) is 0 Å². The Bertz CT molecular complexity index is 881. The molecule has 0 atom stereocenters. The Morgan fingerprint density at radius 2 is 1.32 bits per heavy atom. The van der Waals surface area contributed by atoms with Crippen LogP contribution in [0.2, 0.25) is 0 Å². The second-order valence-electron chi connectivity index (χ2n) is 4.24. The molecule has 0 saturated carbocycles. The number of benzene rings is 2. The van der Waals surface area contributed by atoms with E-state index in [9.17, 15) is 16.8 Å². The van der Waals surface area contributed by atoms with Gasteiger partial charge in [0.15, 0.2) is 0 Å². The van der Waals surface area contributed by atoms with Crippen LogP contribution in [0, 0.1) is 0 Å². The van der Waals surface area contributed by atoms with Gasteiger partial charge in [0.25, 0.3) is 20.0 Å². The molecule has 0 aromatic heterocycles. The standard InChI is InChI=1S/C12H14N4O4S2/c13-15-21(17,18)11-8-4-7-10(9-5-2-1-3-6-9)12(11)22(19,20)16-14/h1-8,15-16H,13-14H2. The van der Waals surface area contributed by atoms with E-state index in [1.807, 2.05) is 0 Å². The van der Waals surface area contributed by atoms with Crippen molar-refractivity contribution in [3.63, 3.8) is 0 Å². The van der Waals surface area contributed by atoms with Crippen LogP contribution in [0.4, 0.5) is 0 Å². The quantitative estimate of drug-likeness (QED) is 0.432. The van der Waals surface area contributed by atoms with E-state index >= 15 is 0 Å². The molecule has 0 fully saturated rings. The molecule has 0 radical (unpaired) electrons. The molecule has 8 nitrogen and oxygen atoms in total. The molecule has 0 aliphatic heterocycles. The summed E-state index contributed by atoms with van der Waals surface area (Å²) in [6.07, 6.45) is 0. The van der Waals surface area contributed by atoms with E-state index in [-0.39, 0.29) is 5.56 Å². The van der Waals surface area contributed by atoms with Crippen molar-refractivity contribution >= 4 is 20.0 Å². The lowest BCUT2D eigenvalue weighted by Crippen LogP contribution is -2.35. The lowest BCUT2D eigenvalue weighted by atomic mass is 10.1. The molecule has 0 unspecified atom stereocenters. The first-order valence-corrected chi connectivity index (χ1v) is 8.93. The maximum absolute atomic E-state index is 12.2. The highest BCUT2D eigenvalue weighted by Crippen LogP contribution is 2.32. The molecule has 2 aromatic carbocycles. The molecule has 10 heteroatoms. The van der Waals surface area contributed by atoms with Crippen LogP contribution in [0.1, 0.15) is 0 Å². The summed E-state index contributed by atoms with van der Waals surface area (Å²) in [5, 5.41) is 0. The van der Waals surface area contributed by atoms with Gasteiger partial charge in [-0.05, 0) is 11.6 Å². The van der Waals surface area contributed by atoms with Gasteiger partial charge in [-0.25, -0.2) is 16.8 Å². The molecule has 2 aromatic rings. The van der Waals surface area contributed by atoms with Gasteiger partial charge in [-0.1, -0.05) is 42.5 Å². The third-order valence-electron chi connectivity index (χ3n) is 2.93. The molecule has 0 spiro atoms. The minimum atomic E-state index is -4.25. The molecule has 0 aliphatic rings. The van der Waals surface area contributed by atoms with E-state index in [1.54, 1.807) is 40.0 Å². The number of sulfonamides is 2. The number of hydrazine groups is 2. The fourth-order valence-corrected chi connectivity index (χ4v) is 4.30. The second-order valence-corrected chi connectivity index (χ2v) is 7.57. The summed E-state index contributed by atoms with van der Waals surface area (Å²) in [6.45, 7) is 0. The van der Waals surface area contributed by atoms with E-state index in [0.717, 1.165) is 6.07 Å². The average molecular weight is 342 g/mol. The normalized spacial score (nSPS) is 12.3. The molecule has 0 amide bonds. The molecule has 0 bridgehead atoms. The molecule has 6 N–H and O–H groups in total. The van der Waals surface area contributed by atoms with E-state index in [4.69, 9.17) is 11.7 Å². The molecule has 0 saturated heterocycles. The third kappa shape index (κ3) is 3.02. The minimum Gasteiger partial charge on any atom is -0.257 e. The van der Waals surface area contributed by atoms with Gasteiger partial charge in [-0.2, -0.15) is 4.83 Å². The van der Waals surface area contributed by atoms with Gasteiger partial charge in [0.2, 0.25) is 0 Å². The van der Waals surface area contributed by atoms with Gasteiger partial charge < -0.3 is 0 Å². The topological polar surface area (TPSA) is 144 Å². The van der Waals surface area contributed by atoms with Crippen LogP contribution >= 0.6 is 0 Å². The average Bonchev–Trinajstić information content (AvgIpc) is 2.55. The fraction of sp³-hybridized carbons (Fsp3) is 0. The van der Waals surface area contributed by atoms with Crippen molar-refractivity contribution in [1.29, 1.82) is 0 Å². The van der Waals surface area contributed by atoms with E-state index in [1.165, 1.54) is 12.1 Å². The predicted molar refractivity (Wildman–Crippen MR) is 80.9 cm³/mol. The number of nitrogens with two attached hydrogens (primary N) is 2. The van der Waals surface area contributed by atoms with E-state index in [0.29, 0.717) is 5.56 Å². The highest BCUT2D eigenvalue weighted by atomic mass is 32.2. The first-order chi connectivity index (χ1) is 10.3. The largest absolute Gasteiger partial charge is 0.257 e. The van der Waals surface area contributed by atoms with Crippen molar-refractivity contribution in [1.82, 2.24) is 9.66 Å². The van der Waals surface area contributed by atoms with Crippen molar-refractivity contribution in [2.45, 2.75) is 9.79 Å². The summed E-state index contributed by atoms with van der Waals surface area (Å²) in [7, 11) is -8.45. The van der Waals surface area contributed by atoms with Crippen molar-refractivity contribution in [3.8, 4) is 11.1 Å². The zero-order valence-electron chi connectivity index (χ0n) is 11.2. The van der Waals surface area contributed by atoms with Gasteiger partial charge in [-0.15, -0.1) is 4.83 Å². The molecule has 22 heavy (non-hydrogen) atoms. The number of nitrogens with one attached hydrogen (secondary N) is 2. The van der Waals surface area contributed by atoms with Crippen molar-refractivity contribution in [3.05, 3.63) is 48.5 Å². The minimum absolute atomic E-state index is 0.190. The van der Waals surface area contributed by atoms with Crippen molar-refractivity contribution < 1.29 is 16.8 Å². The number of rotatable bonds is 5. The maximum atomic E-state index is 12.2. The molecule has 2 rings (SSSR count). The molecular formula is C12H14N4O4S2. The Labute approximate surface area is 128 Å². The summed E-state index contributed by atoms with van der Waals surface area (Å²) in [4.78, 5) is 2.29. The summed E-state index contributed by atoms with van der Waals surface area (Å²) in [6, 6.07) is 12.5. The van der Waals surface area contributed by atoms with Crippen molar-refractivity contribution in [2.75, 3.05) is 0 Å². The van der Waals surface area contributed by atoms with Gasteiger partial charge in [0.1, 0.15) is 9.79 Å². The van der Waals surface area contributed by atoms with Crippen LogP contribution in [0.25, 0.3) is 11.1 Å². The maximum Gasteiger partial charge on any atom is 0.255 e. The zero-order valence-corrected chi connectivity index (χ0v) is 12.9. The lowest BCUT2D eigenvalue weighted by molar-refractivity contribution is 0.570. The first-order valence-electron chi connectivity index (χ1n) is 5.97. The van der Waals surface area contributed by atoms with Crippen LogP contribution < -0.4 is 21.3 Å². The Balaban J connectivity index is 2.91. The number of hydrogen-bond acceptors (Lipinski definition) is 6. The van der Waals surface area contributed by atoms with Crippen LogP contribution in [0.3, 0.4) is 0 Å². The fourth-order valence-electron chi connectivity index (χ4n) is 1.97. The zero-order chi connectivity index (χ0) is 16.4. The highest BCUT2D eigenvalue weighted by Gasteiger charge is 2.28. The first kappa shape index (κ1) is 16.5. The van der Waals surface area contributed by atoms with Crippen LogP contribution in [-0.2, 0) is 20.0 Å². The van der Waals surface area contributed by atoms with Gasteiger partial charge >= 0.3 is 0 Å². The Kier molecular flexibility index (Phi) is 4.60. The molecule has 0 aliphatic carbocycles. The lowest BCUT2D eigenvalue weighted by Gasteiger charge is -2.14. The summed E-state index contributed by atoms with van der Waals surface area (Å²) < 4.78 is 48.4. The summed E-state index contributed by atoms with van der Waals surface area (Å²) in [5.41, 5.74) is 0.709. The van der Waals surface area contributed by atoms with Gasteiger partial charge in [0, 0.05) is 5.56 Å². The van der Waals surface area contributed by atoms with Crippen LogP contribution in [0.5, 0.6) is 0 Å². The van der Waals surface area contributed by atoms with Gasteiger partial charge in [-0.3, -0.25) is 11.7 Å². The number of hydrogen-bond donors (Lipinski definition) is 4. The van der Waals surface area contributed by atoms with Gasteiger partial charge in [0.05, 0.1) is 0 Å². The van der Waals surface area contributed by atoms with Crippen LogP contribution in [0.15, 0.2) is 58.3 Å². The monoisotopic (exact) mass is 342 g/mol. The second kappa shape index (κ2) is 6.12. The molecule has 118 valence electrons. The van der Waals surface area contributed by atoms with E-state index < -0.39 is 29.8 Å². The highest BCUT2D eigenvalue weighted by molar-refractivity contribution is 7.92. The predicted octanol–water partition coefficient (Wildman–Crippen LogP) is -0.342. The summed E-state index contributed by atoms with van der Waals surface area (Å²) >= 11 is 0. The molecule has 0 heterocycles. The Morgan fingerprint density at radius 3 is 1.86 bits per heavy atom. The third-order valence-corrected chi connectivity index (χ3v) is 5.58. The Hall–Kier alpha value is -1.82. The van der Waals surface area contributed by atoms with Crippen molar-refractivity contribution in [2.24, 2.45) is 11.7 Å².